The van der Waals surface area contributed by atoms with Crippen LogP contribution < -0.4 is 4.74 Å². The van der Waals surface area contributed by atoms with Crippen LogP contribution in [-0.2, 0) is 12.8 Å². The van der Waals surface area contributed by atoms with E-state index in [4.69, 9.17) is 4.74 Å². The summed E-state index contributed by atoms with van der Waals surface area (Å²) >= 11 is 0. The van der Waals surface area contributed by atoms with Gasteiger partial charge in [-0.05, 0) is 61.9 Å². The molecule has 0 amide bonds. The van der Waals surface area contributed by atoms with Crippen LogP contribution in [0.3, 0.4) is 0 Å². The molecule has 0 fully saturated rings. The molecular formula is C17H15FN2O. The molecule has 0 bridgehead atoms. The first-order valence-corrected chi connectivity index (χ1v) is 7.04. The van der Waals surface area contributed by atoms with E-state index < -0.39 is 5.82 Å². The molecule has 1 aromatic carbocycles. The first-order chi connectivity index (χ1) is 10.2. The predicted molar refractivity (Wildman–Crippen MR) is 76.8 cm³/mol. The molecule has 0 atom stereocenters. The highest BCUT2D eigenvalue weighted by atomic mass is 19.1. The third-order valence-electron chi connectivity index (χ3n) is 3.68. The van der Waals surface area contributed by atoms with Crippen LogP contribution >= 0.6 is 0 Å². The second-order valence-electron chi connectivity index (χ2n) is 5.30. The van der Waals surface area contributed by atoms with Gasteiger partial charge in [0.25, 0.3) is 0 Å². The van der Waals surface area contributed by atoms with Crippen LogP contribution in [0.4, 0.5) is 4.39 Å². The summed E-state index contributed by atoms with van der Waals surface area (Å²) in [4.78, 5) is 4.44. The maximum atomic E-state index is 13.8. The van der Waals surface area contributed by atoms with Crippen molar-refractivity contribution in [2.45, 2.75) is 32.6 Å². The average Bonchev–Trinajstić information content (AvgIpc) is 2.50. The highest BCUT2D eigenvalue weighted by Crippen LogP contribution is 2.30. The van der Waals surface area contributed by atoms with E-state index in [9.17, 15) is 9.65 Å². The molecule has 1 aromatic heterocycles. The number of aromatic nitrogens is 1. The molecule has 106 valence electrons. The maximum Gasteiger partial charge on any atom is 0.237 e. The topological polar surface area (TPSA) is 45.9 Å². The summed E-state index contributed by atoms with van der Waals surface area (Å²) in [6, 6.07) is 8.55. The monoisotopic (exact) mass is 282 g/mol. The van der Waals surface area contributed by atoms with E-state index in [-0.39, 0.29) is 11.6 Å². The molecule has 0 unspecified atom stereocenters. The lowest BCUT2D eigenvalue weighted by Gasteiger charge is -2.17. The highest BCUT2D eigenvalue weighted by molar-refractivity contribution is 5.45. The second-order valence-corrected chi connectivity index (χ2v) is 5.30. The molecular weight excluding hydrogens is 267 g/mol. The molecule has 4 heteroatoms. The Morgan fingerprint density at radius 3 is 2.86 bits per heavy atom. The molecule has 1 heterocycles. The minimum absolute atomic E-state index is 0.106. The maximum absolute atomic E-state index is 13.8. The van der Waals surface area contributed by atoms with E-state index in [1.54, 1.807) is 12.1 Å². The van der Waals surface area contributed by atoms with Gasteiger partial charge in [0.15, 0.2) is 11.6 Å². The number of fused-ring (bicyclic) bond motifs is 1. The zero-order valence-corrected chi connectivity index (χ0v) is 11.8. The predicted octanol–water partition coefficient (Wildman–Crippen LogP) is 4.07. The van der Waals surface area contributed by atoms with Crippen molar-refractivity contribution in [2.75, 3.05) is 0 Å². The number of hydrogen-bond donors (Lipinski definition) is 0. The fourth-order valence-electron chi connectivity index (χ4n) is 2.57. The Hall–Kier alpha value is -2.41. The molecule has 3 rings (SSSR count). The van der Waals surface area contributed by atoms with Gasteiger partial charge in [0, 0.05) is 5.69 Å². The number of ether oxygens (including phenoxy) is 1. The molecule has 1 aliphatic rings. The van der Waals surface area contributed by atoms with Crippen molar-refractivity contribution in [3.05, 3.63) is 52.5 Å². The summed E-state index contributed by atoms with van der Waals surface area (Å²) in [7, 11) is 0. The van der Waals surface area contributed by atoms with Gasteiger partial charge in [-0.15, -0.1) is 0 Å². The Bertz CT molecular complexity index is 734. The lowest BCUT2D eigenvalue weighted by molar-refractivity contribution is 0.422. The zero-order chi connectivity index (χ0) is 14.8. The fourth-order valence-corrected chi connectivity index (χ4v) is 2.57. The van der Waals surface area contributed by atoms with Crippen molar-refractivity contribution in [1.29, 1.82) is 5.26 Å². The van der Waals surface area contributed by atoms with Crippen LogP contribution in [-0.4, -0.2) is 4.98 Å². The minimum Gasteiger partial charge on any atom is -0.435 e. The Labute approximate surface area is 123 Å². The number of halogens is 1. The Morgan fingerprint density at radius 1 is 1.24 bits per heavy atom. The van der Waals surface area contributed by atoms with Crippen molar-refractivity contribution >= 4 is 0 Å². The van der Waals surface area contributed by atoms with Crippen LogP contribution in [0.1, 0.15) is 35.2 Å². The second kappa shape index (κ2) is 5.53. The van der Waals surface area contributed by atoms with Crippen LogP contribution in [0.25, 0.3) is 0 Å². The quantitative estimate of drug-likeness (QED) is 0.834. The molecule has 0 saturated heterocycles. The van der Waals surface area contributed by atoms with Gasteiger partial charge in [-0.2, -0.15) is 5.26 Å². The SMILES string of the molecule is Cc1ccc(F)c(Oc2nc3c(cc2C#N)CCCC3)c1. The van der Waals surface area contributed by atoms with Gasteiger partial charge in [-0.1, -0.05) is 6.07 Å². The molecule has 21 heavy (non-hydrogen) atoms. The number of benzene rings is 1. The van der Waals surface area contributed by atoms with Gasteiger partial charge in [0.1, 0.15) is 11.6 Å². The van der Waals surface area contributed by atoms with Gasteiger partial charge < -0.3 is 4.74 Å². The third-order valence-corrected chi connectivity index (χ3v) is 3.68. The standard InChI is InChI=1S/C17H15FN2O/c1-11-6-7-14(18)16(8-11)21-17-13(10-19)9-12-4-2-3-5-15(12)20-17/h6-9H,2-5H2,1H3. The summed E-state index contributed by atoms with van der Waals surface area (Å²) < 4.78 is 19.4. The largest absolute Gasteiger partial charge is 0.435 e. The number of nitrogens with zero attached hydrogens (tertiary/aromatic N) is 2. The summed E-state index contributed by atoms with van der Waals surface area (Å²) in [6.07, 6.45) is 4.03. The van der Waals surface area contributed by atoms with Crippen molar-refractivity contribution in [2.24, 2.45) is 0 Å². The molecule has 1 aliphatic carbocycles. The Balaban J connectivity index is 2.02. The molecule has 0 N–H and O–H groups in total. The molecule has 0 radical (unpaired) electrons. The van der Waals surface area contributed by atoms with Gasteiger partial charge >= 0.3 is 0 Å². The number of hydrogen-bond acceptors (Lipinski definition) is 3. The van der Waals surface area contributed by atoms with Crippen molar-refractivity contribution < 1.29 is 9.13 Å². The van der Waals surface area contributed by atoms with E-state index in [1.165, 1.54) is 6.07 Å². The zero-order valence-electron chi connectivity index (χ0n) is 11.8. The van der Waals surface area contributed by atoms with Crippen LogP contribution in [0.2, 0.25) is 0 Å². The van der Waals surface area contributed by atoms with Gasteiger partial charge in [-0.25, -0.2) is 9.37 Å². The highest BCUT2D eigenvalue weighted by Gasteiger charge is 2.17. The van der Waals surface area contributed by atoms with Crippen LogP contribution in [0, 0.1) is 24.1 Å². The fraction of sp³-hybridized carbons (Fsp3) is 0.294. The van der Waals surface area contributed by atoms with Crippen LogP contribution in [0.5, 0.6) is 11.6 Å². The lowest BCUT2D eigenvalue weighted by atomic mass is 9.95. The van der Waals surface area contributed by atoms with Crippen molar-refractivity contribution in [3.8, 4) is 17.7 Å². The smallest absolute Gasteiger partial charge is 0.237 e. The number of nitriles is 1. The summed E-state index contributed by atoms with van der Waals surface area (Å²) in [5, 5.41) is 9.26. The van der Waals surface area contributed by atoms with Crippen molar-refractivity contribution in [1.82, 2.24) is 4.98 Å². The van der Waals surface area contributed by atoms with Crippen molar-refractivity contribution in [3.63, 3.8) is 0 Å². The summed E-state index contributed by atoms with van der Waals surface area (Å²) in [5.74, 6) is -0.151. The minimum atomic E-state index is -0.455. The molecule has 0 spiro atoms. The van der Waals surface area contributed by atoms with E-state index in [1.807, 2.05) is 13.0 Å². The molecule has 0 saturated carbocycles. The average molecular weight is 282 g/mol. The normalized spacial score (nSPS) is 13.4. The molecule has 3 nitrogen and oxygen atoms in total. The third kappa shape index (κ3) is 2.73. The lowest BCUT2D eigenvalue weighted by Crippen LogP contribution is -2.07. The van der Waals surface area contributed by atoms with Crippen LogP contribution in [0.15, 0.2) is 24.3 Å². The first-order valence-electron chi connectivity index (χ1n) is 7.04. The van der Waals surface area contributed by atoms with Gasteiger partial charge in [0.2, 0.25) is 5.88 Å². The summed E-state index contributed by atoms with van der Waals surface area (Å²) in [6.45, 7) is 1.86. The van der Waals surface area contributed by atoms with E-state index in [0.717, 1.165) is 42.5 Å². The number of aryl methyl sites for hydroxylation is 3. The first kappa shape index (κ1) is 13.6. The Morgan fingerprint density at radius 2 is 2.05 bits per heavy atom. The number of pyridine rings is 1. The molecule has 0 aliphatic heterocycles. The molecule has 2 aromatic rings. The van der Waals surface area contributed by atoms with E-state index in [2.05, 4.69) is 11.1 Å². The Kier molecular flexibility index (Phi) is 3.57. The number of rotatable bonds is 2. The van der Waals surface area contributed by atoms with Gasteiger partial charge in [0.05, 0.1) is 0 Å². The summed E-state index contributed by atoms with van der Waals surface area (Å²) in [5.41, 5.74) is 3.32. The van der Waals surface area contributed by atoms with E-state index in [0.29, 0.717) is 5.56 Å². The van der Waals surface area contributed by atoms with Gasteiger partial charge in [-0.3, -0.25) is 0 Å². The van der Waals surface area contributed by atoms with E-state index >= 15 is 0 Å².